The third-order valence-electron chi connectivity index (χ3n) is 4.29. The summed E-state index contributed by atoms with van der Waals surface area (Å²) < 4.78 is 5.39. The summed E-state index contributed by atoms with van der Waals surface area (Å²) in [6.45, 7) is 4.01. The molecule has 0 aliphatic heterocycles. The Morgan fingerprint density at radius 1 is 1.33 bits per heavy atom. The van der Waals surface area contributed by atoms with Crippen molar-refractivity contribution in [1.82, 2.24) is 15.5 Å². The van der Waals surface area contributed by atoms with Crippen molar-refractivity contribution in [2.45, 2.75) is 26.3 Å². The molecule has 2 aromatic heterocycles. The number of aromatic nitrogens is 2. The molecule has 0 aliphatic carbocycles. The molecule has 0 saturated carbocycles. The highest BCUT2D eigenvalue weighted by Crippen LogP contribution is 2.27. The molecule has 0 unspecified atom stereocenters. The van der Waals surface area contributed by atoms with E-state index < -0.39 is 11.0 Å². The smallest absolute Gasteiger partial charge is 0.269 e. The van der Waals surface area contributed by atoms with Crippen LogP contribution < -0.4 is 5.32 Å². The van der Waals surface area contributed by atoms with Gasteiger partial charge in [0.15, 0.2) is 0 Å². The molecule has 1 amide bonds. The van der Waals surface area contributed by atoms with E-state index in [0.717, 1.165) is 6.42 Å². The number of thiophene rings is 1. The summed E-state index contributed by atoms with van der Waals surface area (Å²) >= 11 is 1.36. The molecule has 27 heavy (non-hydrogen) atoms. The fourth-order valence-electron chi connectivity index (χ4n) is 2.51. The van der Waals surface area contributed by atoms with Crippen molar-refractivity contribution >= 4 is 22.9 Å². The van der Waals surface area contributed by atoms with Crippen molar-refractivity contribution in [1.29, 1.82) is 0 Å². The lowest BCUT2D eigenvalue weighted by atomic mass is 9.99. The summed E-state index contributed by atoms with van der Waals surface area (Å²) in [5.41, 5.74) is 0.589. The fraction of sp³-hybridized carbons (Fsp3) is 0.278. The summed E-state index contributed by atoms with van der Waals surface area (Å²) in [4.78, 5) is 27.7. The quantitative estimate of drug-likeness (QED) is 0.480. The molecule has 0 radical (unpaired) electrons. The number of nitro benzene ring substituents is 1. The number of carbonyl (C=O) groups excluding carboxylic acids is 1. The number of nitro groups is 1. The Bertz CT molecular complexity index is 921. The van der Waals surface area contributed by atoms with Gasteiger partial charge in [-0.25, -0.2) is 0 Å². The second-order valence-corrected chi connectivity index (χ2v) is 7.02. The molecule has 1 aromatic carbocycles. The molecule has 140 valence electrons. The highest BCUT2D eigenvalue weighted by molar-refractivity contribution is 7.12. The Morgan fingerprint density at radius 2 is 2.07 bits per heavy atom. The molecule has 2 heterocycles. The number of nitrogens with one attached hydrogen (secondary N) is 1. The molecule has 0 spiro atoms. The predicted molar refractivity (Wildman–Crippen MR) is 100 cm³/mol. The van der Waals surface area contributed by atoms with Crippen molar-refractivity contribution in [3.05, 3.63) is 62.7 Å². The normalized spacial score (nSPS) is 13.1. The van der Waals surface area contributed by atoms with Crippen LogP contribution in [0.15, 0.2) is 46.3 Å². The van der Waals surface area contributed by atoms with E-state index in [1.807, 2.05) is 25.3 Å². The van der Waals surface area contributed by atoms with Crippen molar-refractivity contribution in [3.63, 3.8) is 0 Å². The van der Waals surface area contributed by atoms with E-state index in [1.165, 1.54) is 23.5 Å². The van der Waals surface area contributed by atoms with Crippen LogP contribution in [0.5, 0.6) is 0 Å². The Balaban J connectivity index is 1.83. The first-order valence-electron chi connectivity index (χ1n) is 8.42. The minimum Gasteiger partial charge on any atom is -0.339 e. The van der Waals surface area contributed by atoms with Crippen LogP contribution >= 0.6 is 11.3 Å². The first-order valence-corrected chi connectivity index (χ1v) is 9.30. The lowest BCUT2D eigenvalue weighted by molar-refractivity contribution is -0.384. The lowest BCUT2D eigenvalue weighted by Gasteiger charge is -2.20. The van der Waals surface area contributed by atoms with Crippen molar-refractivity contribution < 1.29 is 14.2 Å². The summed E-state index contributed by atoms with van der Waals surface area (Å²) in [5.74, 6) is 0.519. The van der Waals surface area contributed by atoms with Crippen LogP contribution in [-0.2, 0) is 0 Å². The molecule has 0 bridgehead atoms. The predicted octanol–water partition coefficient (Wildman–Crippen LogP) is 4.22. The number of non-ortho nitro benzene ring substituents is 1. The minimum atomic E-state index is -0.468. The third-order valence-corrected chi connectivity index (χ3v) is 5.16. The maximum atomic E-state index is 12.4. The molecule has 3 aromatic rings. The topological polar surface area (TPSA) is 111 Å². The number of rotatable bonds is 7. The standard InChI is InChI=1S/C18H18N4O4S/c1-3-11(2)15(19-17(23)14-5-4-10-27-14)18-20-16(21-26-18)12-6-8-13(9-7-12)22(24)25/h4-11,15H,3H2,1-2H3,(H,19,23)/t11-,15-/m0/s1. The first-order chi connectivity index (χ1) is 13.0. The molecule has 1 N–H and O–H groups in total. The van der Waals surface area contributed by atoms with Gasteiger partial charge in [0.25, 0.3) is 11.6 Å². The molecular formula is C18H18N4O4S. The molecule has 9 heteroatoms. The van der Waals surface area contributed by atoms with Gasteiger partial charge in [-0.05, 0) is 29.5 Å². The van der Waals surface area contributed by atoms with E-state index in [0.29, 0.717) is 22.2 Å². The van der Waals surface area contributed by atoms with Crippen molar-refractivity contribution in [2.75, 3.05) is 0 Å². The molecule has 8 nitrogen and oxygen atoms in total. The summed E-state index contributed by atoms with van der Waals surface area (Å²) in [5, 5.41) is 19.5. The van der Waals surface area contributed by atoms with Gasteiger partial charge >= 0.3 is 0 Å². The summed E-state index contributed by atoms with van der Waals surface area (Å²) in [6.07, 6.45) is 0.810. The zero-order valence-electron chi connectivity index (χ0n) is 14.8. The van der Waals surface area contributed by atoms with Gasteiger partial charge in [-0.3, -0.25) is 14.9 Å². The van der Waals surface area contributed by atoms with Crippen LogP contribution in [0, 0.1) is 16.0 Å². The summed E-state index contributed by atoms with van der Waals surface area (Å²) in [7, 11) is 0. The van der Waals surface area contributed by atoms with E-state index in [4.69, 9.17) is 4.52 Å². The highest BCUT2D eigenvalue weighted by atomic mass is 32.1. The Morgan fingerprint density at radius 3 is 2.67 bits per heavy atom. The van der Waals surface area contributed by atoms with Crippen molar-refractivity contribution in [2.24, 2.45) is 5.92 Å². The fourth-order valence-corrected chi connectivity index (χ4v) is 3.14. The first kappa shape index (κ1) is 18.7. The average molecular weight is 386 g/mol. The van der Waals surface area contributed by atoms with Gasteiger partial charge in [0.1, 0.15) is 6.04 Å². The molecule has 0 fully saturated rings. The van der Waals surface area contributed by atoms with Crippen LogP contribution in [0.1, 0.15) is 41.9 Å². The molecule has 0 aliphatic rings. The van der Waals surface area contributed by atoms with Crippen molar-refractivity contribution in [3.8, 4) is 11.4 Å². The summed E-state index contributed by atoms with van der Waals surface area (Å²) in [6, 6.07) is 9.04. The monoisotopic (exact) mass is 386 g/mol. The van der Waals surface area contributed by atoms with E-state index >= 15 is 0 Å². The molecule has 3 rings (SSSR count). The van der Waals surface area contributed by atoms with E-state index in [1.54, 1.807) is 18.2 Å². The number of nitrogens with zero attached hydrogens (tertiary/aromatic N) is 3. The van der Waals surface area contributed by atoms with Crippen LogP contribution in [0.4, 0.5) is 5.69 Å². The van der Waals surface area contributed by atoms with Gasteiger partial charge in [0.05, 0.1) is 9.80 Å². The number of hydrogen-bond acceptors (Lipinski definition) is 7. The largest absolute Gasteiger partial charge is 0.339 e. The van der Waals surface area contributed by atoms with Gasteiger partial charge in [0, 0.05) is 17.7 Å². The van der Waals surface area contributed by atoms with Crippen LogP contribution in [0.2, 0.25) is 0 Å². The molecular weight excluding hydrogens is 368 g/mol. The third kappa shape index (κ3) is 4.20. The second-order valence-electron chi connectivity index (χ2n) is 6.07. The van der Waals surface area contributed by atoms with E-state index in [9.17, 15) is 14.9 Å². The number of hydrogen-bond donors (Lipinski definition) is 1. The maximum absolute atomic E-state index is 12.4. The Kier molecular flexibility index (Phi) is 5.60. The lowest BCUT2D eigenvalue weighted by Crippen LogP contribution is -2.32. The van der Waals surface area contributed by atoms with Gasteiger partial charge < -0.3 is 9.84 Å². The number of benzene rings is 1. The van der Waals surface area contributed by atoms with Gasteiger partial charge in [0.2, 0.25) is 11.7 Å². The SMILES string of the molecule is CC[C@H](C)[C@H](NC(=O)c1cccs1)c1nc(-c2ccc([N+](=O)[O-])cc2)no1. The van der Waals surface area contributed by atoms with E-state index in [2.05, 4.69) is 15.5 Å². The maximum Gasteiger partial charge on any atom is 0.269 e. The Labute approximate surface area is 159 Å². The van der Waals surface area contributed by atoms with Gasteiger partial charge in [-0.15, -0.1) is 11.3 Å². The highest BCUT2D eigenvalue weighted by Gasteiger charge is 2.27. The number of amides is 1. The van der Waals surface area contributed by atoms with Crippen LogP contribution in [0.3, 0.4) is 0 Å². The zero-order chi connectivity index (χ0) is 19.4. The average Bonchev–Trinajstić information content (AvgIpc) is 3.37. The second kappa shape index (κ2) is 8.09. The molecule has 2 atom stereocenters. The number of carbonyl (C=O) groups is 1. The Hall–Kier alpha value is -3.07. The van der Waals surface area contributed by atoms with Gasteiger partial charge in [-0.1, -0.05) is 31.5 Å². The zero-order valence-corrected chi connectivity index (χ0v) is 15.6. The van der Waals surface area contributed by atoms with Crippen LogP contribution in [-0.4, -0.2) is 21.0 Å². The van der Waals surface area contributed by atoms with E-state index in [-0.39, 0.29) is 17.5 Å². The van der Waals surface area contributed by atoms with Gasteiger partial charge in [-0.2, -0.15) is 4.98 Å². The molecule has 0 saturated heterocycles. The van der Waals surface area contributed by atoms with Crippen LogP contribution in [0.25, 0.3) is 11.4 Å². The minimum absolute atomic E-state index is 0.0110.